The quantitative estimate of drug-likeness (QED) is 0.0385. The molecule has 2 amide bonds. The van der Waals surface area contributed by atoms with Crippen LogP contribution in [0.15, 0.2) is 227 Å². The lowest BCUT2D eigenvalue weighted by molar-refractivity contribution is 0.0189. The number of anilines is 5. The Morgan fingerprint density at radius 2 is 0.779 bits per heavy atom. The lowest BCUT2D eigenvalue weighted by atomic mass is 9.80. The van der Waals surface area contributed by atoms with E-state index < -0.39 is 0 Å². The number of amides is 2. The minimum absolute atomic E-state index is 0.0142. The van der Waals surface area contributed by atoms with E-state index in [-0.39, 0.29) is 24.2 Å². The molecular formula is C109H111Br3ClN31O5. The van der Waals surface area contributed by atoms with Crippen molar-refractivity contribution in [3.63, 3.8) is 0 Å². The predicted molar refractivity (Wildman–Crippen MR) is 591 cm³/mol. The van der Waals surface area contributed by atoms with Gasteiger partial charge in [0, 0.05) is 217 Å². The molecule has 6 fully saturated rings. The maximum Gasteiger partial charge on any atom is 0.317 e. The first-order valence-electron chi connectivity index (χ1n) is 50.2. The predicted octanol–water partition coefficient (Wildman–Crippen LogP) is 17.8. The van der Waals surface area contributed by atoms with Crippen LogP contribution >= 0.6 is 59.4 Å². The van der Waals surface area contributed by atoms with Gasteiger partial charge in [-0.1, -0.05) is 96.0 Å². The first-order chi connectivity index (χ1) is 72.7. The standard InChI is InChI=1S/C24H24ClN7O.C22H23BrN6O.2C21H21BrN6O.C21H22N6O/c1-31-20-7-6-13(8-18(20)30-24(31)33)9-19-21(25)22(26)32-23(29-19)16(12-28-32)15-10-14-4-2-3-5-17(14)27-11-15;1-13-2-3-18-14(8-13)9-15(10-26-18)17-11-27-29-21(24)20(23)19(28-22(17)29)12-25-16-4-6-30-7-5-16;1-13(27-6-8-29-9-7-27)19-18(22)20(23)28-21(26-19)16(12-25-28)15-10-14-4-2-3-5-17(14)24-11-15;22-19-18(12-24-15-5-7-29-8-6-15)27-21-16(11-26-28(21)20(19)23)14-9-13-3-1-2-4-17(13)25-10-14;22-20-10-17(12-23-16-5-7-28-8-6-16)26-21-18(13-25-27(20)21)15-9-14-3-1-2-4-19(14)24-11-15/h2-5,10-13,18,20H,6-9,26H2,1H3,(H,30,33);2-3,8-11,16,25H,4-7,12,24H2,1H3;2-5,10-13H,6-9,23H2,1H3;1-4,9-11,15,24H,5-8,12,23H2;1-4,9-11,13,16,23H,5-8,12,22H2/t13?,18-,20?;;;;/m0..../s1. The highest BCUT2D eigenvalue weighted by atomic mass is 79.9. The van der Waals surface area contributed by atoms with E-state index in [0.717, 1.165) is 298 Å². The summed E-state index contributed by atoms with van der Waals surface area (Å²) in [6.07, 6.45) is 28.0. The van der Waals surface area contributed by atoms with Crippen LogP contribution in [0.25, 0.3) is 138 Å². The van der Waals surface area contributed by atoms with Crippen molar-refractivity contribution in [3.8, 4) is 55.6 Å². The minimum Gasteiger partial charge on any atom is -0.384 e. The molecule has 6 aliphatic rings. The summed E-state index contributed by atoms with van der Waals surface area (Å²) < 4.78 is 32.4. The number of morpholine rings is 1. The van der Waals surface area contributed by atoms with Crippen molar-refractivity contribution < 1.29 is 23.7 Å². The molecule has 20 heterocycles. The highest BCUT2D eigenvalue weighted by Crippen LogP contribution is 2.42. The van der Waals surface area contributed by atoms with Crippen LogP contribution in [-0.2, 0) is 45.0 Å². The number of aromatic nitrogens is 20. The first-order valence-corrected chi connectivity index (χ1v) is 52.9. The summed E-state index contributed by atoms with van der Waals surface area (Å²) in [7, 11) is 1.87. The van der Waals surface area contributed by atoms with Gasteiger partial charge in [-0.05, 0) is 198 Å². The fraction of sp³-hybridized carbons (Fsp3) is 0.303. The number of nitrogens with zero attached hydrogens (tertiary/aromatic N) is 22. The Morgan fingerprint density at radius 1 is 0.409 bits per heavy atom. The van der Waals surface area contributed by atoms with Crippen molar-refractivity contribution in [1.82, 2.24) is 129 Å². The van der Waals surface area contributed by atoms with E-state index in [4.69, 9.17) is 84.1 Å². The number of hydrogen-bond acceptors (Lipinski definition) is 29. The number of carbonyl (C=O) groups excluding carboxylic acids is 1. The van der Waals surface area contributed by atoms with Crippen LogP contribution in [0, 0.1) is 12.8 Å². The van der Waals surface area contributed by atoms with Crippen molar-refractivity contribution in [2.75, 3.05) is 102 Å². The molecule has 14 N–H and O–H groups in total. The zero-order valence-electron chi connectivity index (χ0n) is 82.3. The average molecular weight is 2210 g/mol. The SMILES string of the molecule is CC(c1nc2c(-c3cnc4ccccc4c3)cnn2c(N)c1Br)N1CCOCC1.CN1C(=O)N[C@H]2CC(Cc3nc4c(-c5cnc6ccccc6c5)cnn4c(N)c3Cl)CCC21.Cc1ccc2ncc(-c3cnn4c(N)c(Br)c(CNC5CCOCC5)nc34)cc2c1.Nc1c(Br)c(CNC2CCOCC2)nc2c(-c3cnc4ccccc4c3)cnn12.Nc1cc(CNC2CCOCC2)nc2c(-c3cnc4ccccc4c3)cnn12. The maximum absolute atomic E-state index is 12.0. The zero-order valence-corrected chi connectivity index (χ0v) is 87.8. The number of rotatable bonds is 18. The molecule has 5 aromatic carbocycles. The fourth-order valence-corrected chi connectivity index (χ4v) is 22.1. The number of para-hydroxylation sites is 4. The third-order valence-corrected chi connectivity index (χ3v) is 31.9. The van der Waals surface area contributed by atoms with Gasteiger partial charge in [-0.3, -0.25) is 29.8 Å². The van der Waals surface area contributed by atoms with Crippen LogP contribution in [-0.4, -0.2) is 217 Å². The van der Waals surface area contributed by atoms with Crippen LogP contribution in [0.4, 0.5) is 33.9 Å². The molecule has 20 aromatic rings. The summed E-state index contributed by atoms with van der Waals surface area (Å²) in [6.45, 7) is 14.2. The molecule has 149 heavy (non-hydrogen) atoms. The number of likely N-dealkylation sites (N-methyl/N-ethyl adjacent to an activating group) is 1. The Balaban J connectivity index is 0.000000106. The number of nitrogens with one attached hydrogen (secondary N) is 4. The van der Waals surface area contributed by atoms with E-state index in [1.165, 1.54) is 5.56 Å². The summed E-state index contributed by atoms with van der Waals surface area (Å²) in [5.74, 6) is 2.97. The number of halogens is 4. The number of urea groups is 1. The van der Waals surface area contributed by atoms with E-state index in [2.05, 4.69) is 199 Å². The molecule has 1 saturated carbocycles. The highest BCUT2D eigenvalue weighted by Gasteiger charge is 2.42. The van der Waals surface area contributed by atoms with Gasteiger partial charge in [0.2, 0.25) is 0 Å². The third-order valence-electron chi connectivity index (χ3n) is 28.9. The molecule has 0 spiro atoms. The van der Waals surface area contributed by atoms with Gasteiger partial charge in [0.1, 0.15) is 34.1 Å². The van der Waals surface area contributed by atoms with Crippen LogP contribution < -0.4 is 49.9 Å². The van der Waals surface area contributed by atoms with E-state index >= 15 is 0 Å². The van der Waals surface area contributed by atoms with Crippen LogP contribution in [0.5, 0.6) is 0 Å². The number of nitrogen functional groups attached to an aromatic ring is 5. The van der Waals surface area contributed by atoms with Crippen molar-refractivity contribution in [2.45, 2.75) is 134 Å². The van der Waals surface area contributed by atoms with Gasteiger partial charge in [0.15, 0.2) is 28.2 Å². The average Bonchev–Trinajstić information content (AvgIpc) is 1.64. The number of pyridine rings is 5. The van der Waals surface area contributed by atoms with Gasteiger partial charge >= 0.3 is 6.03 Å². The van der Waals surface area contributed by atoms with E-state index in [1.54, 1.807) is 53.6 Å². The molecule has 4 atom stereocenters. The second-order valence-electron chi connectivity index (χ2n) is 38.4. The molecule has 1 aliphatic carbocycles. The lowest BCUT2D eigenvalue weighted by Crippen LogP contribution is -2.40. The number of ether oxygens (including phenoxy) is 4. The topological polar surface area (TPSA) is 454 Å². The van der Waals surface area contributed by atoms with Crippen LogP contribution in [0.1, 0.15) is 105 Å². The van der Waals surface area contributed by atoms with E-state index in [9.17, 15) is 4.79 Å². The number of carbonyl (C=O) groups is 1. The Hall–Kier alpha value is -14.1. The van der Waals surface area contributed by atoms with Gasteiger partial charge in [0.25, 0.3) is 0 Å². The smallest absolute Gasteiger partial charge is 0.317 e. The van der Waals surface area contributed by atoms with Gasteiger partial charge in [-0.2, -0.15) is 48.1 Å². The molecule has 5 saturated heterocycles. The van der Waals surface area contributed by atoms with E-state index in [1.807, 2.05) is 134 Å². The Morgan fingerprint density at radius 3 is 1.22 bits per heavy atom. The van der Waals surface area contributed by atoms with Crippen molar-refractivity contribution >= 4 is 177 Å². The second-order valence-corrected chi connectivity index (χ2v) is 41.2. The van der Waals surface area contributed by atoms with Crippen LogP contribution in [0.3, 0.4) is 0 Å². The van der Waals surface area contributed by atoms with Gasteiger partial charge in [-0.15, -0.1) is 0 Å². The fourth-order valence-electron chi connectivity index (χ4n) is 20.5. The molecule has 36 nitrogen and oxygen atoms in total. The number of aryl methyl sites for hydroxylation is 1. The van der Waals surface area contributed by atoms with Crippen molar-refractivity contribution in [3.05, 3.63) is 266 Å². The number of hydrogen-bond donors (Lipinski definition) is 9. The summed E-state index contributed by atoms with van der Waals surface area (Å²) in [4.78, 5) is 63.7. The molecule has 15 aromatic heterocycles. The summed E-state index contributed by atoms with van der Waals surface area (Å²) in [6, 6.07) is 52.8. The van der Waals surface area contributed by atoms with Crippen molar-refractivity contribution in [2.24, 2.45) is 5.92 Å². The summed E-state index contributed by atoms with van der Waals surface area (Å²) in [5.41, 5.74) is 55.1. The monoisotopic (exact) mass is 2210 g/mol. The molecule has 0 bridgehead atoms. The highest BCUT2D eigenvalue weighted by molar-refractivity contribution is 9.11. The molecule has 0 radical (unpaired) electrons. The minimum atomic E-state index is 0.0142. The van der Waals surface area contributed by atoms with Gasteiger partial charge < -0.3 is 73.8 Å². The van der Waals surface area contributed by atoms with Gasteiger partial charge in [0.05, 0.1) is 132 Å². The zero-order chi connectivity index (χ0) is 102. The molecule has 40 heteroatoms. The Labute approximate surface area is 886 Å². The largest absolute Gasteiger partial charge is 0.384 e. The molecule has 3 unspecified atom stereocenters. The maximum atomic E-state index is 12.0. The Bertz CT molecular complexity index is 8390. The lowest BCUT2D eigenvalue weighted by Gasteiger charge is -2.33. The Kier molecular flexibility index (Phi) is 29.4. The number of fused-ring (bicyclic) bond motifs is 11. The van der Waals surface area contributed by atoms with Crippen LogP contribution in [0.2, 0.25) is 5.02 Å². The number of benzene rings is 5. The first kappa shape index (κ1) is 99.5. The van der Waals surface area contributed by atoms with Gasteiger partial charge in [-0.25, -0.2) is 29.7 Å². The molecule has 26 rings (SSSR count). The number of nitrogens with two attached hydrogens (primary N) is 5. The second kappa shape index (κ2) is 44.0. The third kappa shape index (κ3) is 21.0. The molecule has 760 valence electrons. The summed E-state index contributed by atoms with van der Waals surface area (Å²) in [5, 5.41) is 42.0. The van der Waals surface area contributed by atoms with Crippen molar-refractivity contribution in [1.29, 1.82) is 0 Å². The normalized spacial score (nSPS) is 17.2. The van der Waals surface area contributed by atoms with E-state index in [0.29, 0.717) is 89.9 Å². The molecule has 5 aliphatic heterocycles. The molecular weight excluding hydrogens is 2100 g/mol. The summed E-state index contributed by atoms with van der Waals surface area (Å²) >= 11 is 17.5.